The fourth-order valence-electron chi connectivity index (χ4n) is 3.70. The molecule has 8 heteroatoms. The van der Waals surface area contributed by atoms with Crippen LogP contribution in [0.2, 0.25) is 0 Å². The van der Waals surface area contributed by atoms with Gasteiger partial charge >= 0.3 is 0 Å². The van der Waals surface area contributed by atoms with Crippen molar-refractivity contribution in [1.29, 1.82) is 0 Å². The zero-order valence-electron chi connectivity index (χ0n) is 17.0. The van der Waals surface area contributed by atoms with Gasteiger partial charge in [-0.1, -0.05) is 19.1 Å². The van der Waals surface area contributed by atoms with E-state index in [1.54, 1.807) is 35.2 Å². The average molecular weight is 431 g/mol. The van der Waals surface area contributed by atoms with E-state index in [0.717, 1.165) is 12.0 Å². The summed E-state index contributed by atoms with van der Waals surface area (Å²) in [6.07, 6.45) is 0.852. The Balaban J connectivity index is 1.59. The van der Waals surface area contributed by atoms with Crippen LogP contribution in [0.3, 0.4) is 0 Å². The predicted molar refractivity (Wildman–Crippen MR) is 112 cm³/mol. The number of carbonyl (C=O) groups is 1. The van der Waals surface area contributed by atoms with Gasteiger partial charge in [0.15, 0.2) is 0 Å². The number of ether oxygens (including phenoxy) is 2. The van der Waals surface area contributed by atoms with Gasteiger partial charge in [0.1, 0.15) is 12.4 Å². The molecular weight excluding hydrogens is 404 g/mol. The van der Waals surface area contributed by atoms with Crippen molar-refractivity contribution in [2.24, 2.45) is 0 Å². The topological polar surface area (TPSA) is 76.2 Å². The van der Waals surface area contributed by atoms with E-state index in [-0.39, 0.29) is 30.5 Å². The summed E-state index contributed by atoms with van der Waals surface area (Å²) in [5, 5.41) is 0. The van der Waals surface area contributed by atoms with E-state index in [9.17, 15) is 13.2 Å². The van der Waals surface area contributed by atoms with Crippen molar-refractivity contribution in [1.82, 2.24) is 9.21 Å². The van der Waals surface area contributed by atoms with Gasteiger partial charge in [-0.05, 0) is 42.3 Å². The first-order valence-electron chi connectivity index (χ1n) is 10.2. The number of benzene rings is 2. The van der Waals surface area contributed by atoms with Crippen molar-refractivity contribution < 1.29 is 22.7 Å². The van der Waals surface area contributed by atoms with Gasteiger partial charge in [-0.15, -0.1) is 0 Å². The Bertz CT molecular complexity index is 1010. The third kappa shape index (κ3) is 4.21. The fourth-order valence-corrected chi connectivity index (χ4v) is 5.11. The zero-order valence-corrected chi connectivity index (χ0v) is 17.9. The predicted octanol–water partition coefficient (Wildman–Crippen LogP) is 2.30. The van der Waals surface area contributed by atoms with Crippen LogP contribution in [-0.4, -0.2) is 63.0 Å². The minimum Gasteiger partial charge on any atom is -0.492 e. The number of nitrogens with zero attached hydrogens (tertiary/aromatic N) is 2. The first kappa shape index (κ1) is 20.8. The van der Waals surface area contributed by atoms with Crippen LogP contribution in [0.4, 0.5) is 0 Å². The lowest BCUT2D eigenvalue weighted by atomic mass is 10.1. The second kappa shape index (κ2) is 8.75. The van der Waals surface area contributed by atoms with E-state index in [2.05, 4.69) is 0 Å². The van der Waals surface area contributed by atoms with Gasteiger partial charge in [-0.2, -0.15) is 4.31 Å². The number of amides is 1. The lowest BCUT2D eigenvalue weighted by molar-refractivity contribution is 0.0303. The van der Waals surface area contributed by atoms with E-state index < -0.39 is 10.0 Å². The number of aryl methyl sites for hydroxylation is 1. The summed E-state index contributed by atoms with van der Waals surface area (Å²) in [5.74, 6) is 0.544. The van der Waals surface area contributed by atoms with Crippen molar-refractivity contribution in [3.63, 3.8) is 0 Å². The average Bonchev–Trinajstić information content (AvgIpc) is 3.01. The second-order valence-electron chi connectivity index (χ2n) is 7.41. The minimum atomic E-state index is -3.67. The molecule has 0 spiro atoms. The van der Waals surface area contributed by atoms with Crippen molar-refractivity contribution in [2.75, 3.05) is 39.5 Å². The van der Waals surface area contributed by atoms with Crippen LogP contribution in [0.25, 0.3) is 0 Å². The van der Waals surface area contributed by atoms with Crippen LogP contribution >= 0.6 is 0 Å². The molecule has 0 saturated carbocycles. The second-order valence-corrected chi connectivity index (χ2v) is 9.35. The Morgan fingerprint density at radius 2 is 1.73 bits per heavy atom. The molecule has 0 atom stereocenters. The molecule has 2 aromatic rings. The van der Waals surface area contributed by atoms with Crippen LogP contribution < -0.4 is 4.74 Å². The summed E-state index contributed by atoms with van der Waals surface area (Å²) in [7, 11) is -3.67. The molecule has 1 fully saturated rings. The van der Waals surface area contributed by atoms with Gasteiger partial charge in [0.05, 0.1) is 18.1 Å². The number of hydrogen-bond donors (Lipinski definition) is 0. The maximum atomic E-state index is 13.2. The molecule has 0 aliphatic carbocycles. The molecular formula is C22H26N2O5S. The highest BCUT2D eigenvalue weighted by atomic mass is 32.2. The Kier molecular flexibility index (Phi) is 6.08. The Morgan fingerprint density at radius 3 is 2.43 bits per heavy atom. The van der Waals surface area contributed by atoms with Crippen molar-refractivity contribution in [3.05, 3.63) is 59.2 Å². The third-order valence-corrected chi connectivity index (χ3v) is 7.38. The van der Waals surface area contributed by atoms with Crippen LogP contribution in [0.5, 0.6) is 5.75 Å². The molecule has 0 aromatic heterocycles. The summed E-state index contributed by atoms with van der Waals surface area (Å²) in [4.78, 5) is 14.9. The number of fused-ring (bicyclic) bond motifs is 1. The van der Waals surface area contributed by atoms with Crippen molar-refractivity contribution >= 4 is 15.9 Å². The molecule has 160 valence electrons. The van der Waals surface area contributed by atoms with Gasteiger partial charge in [-0.3, -0.25) is 4.79 Å². The first-order valence-corrected chi connectivity index (χ1v) is 11.6. The lowest BCUT2D eigenvalue weighted by Gasteiger charge is -2.27. The number of carbonyl (C=O) groups excluding carboxylic acids is 1. The summed E-state index contributed by atoms with van der Waals surface area (Å²) in [6, 6.07) is 12.2. The minimum absolute atomic E-state index is 0.0742. The molecule has 4 rings (SSSR count). The number of rotatable bonds is 4. The molecule has 2 aliphatic rings. The summed E-state index contributed by atoms with van der Waals surface area (Å²) in [6.45, 7) is 4.88. The molecule has 2 aromatic carbocycles. The van der Waals surface area contributed by atoms with Gasteiger partial charge in [0.25, 0.3) is 5.91 Å². The number of hydrogen-bond acceptors (Lipinski definition) is 5. The highest BCUT2D eigenvalue weighted by molar-refractivity contribution is 7.89. The van der Waals surface area contributed by atoms with E-state index in [1.165, 1.54) is 4.31 Å². The maximum Gasteiger partial charge on any atom is 0.254 e. The standard InChI is InChI=1S/C22H26N2O5S/c1-2-17-3-6-20(7-4-17)30(26,27)24-11-14-29-21-8-5-18(15-19(21)16-24)22(25)23-9-12-28-13-10-23/h3-8,15H,2,9-14,16H2,1H3. The fraction of sp³-hybridized carbons (Fsp3) is 0.409. The van der Waals surface area contributed by atoms with Gasteiger partial charge in [0.2, 0.25) is 10.0 Å². The smallest absolute Gasteiger partial charge is 0.254 e. The molecule has 0 N–H and O–H groups in total. The largest absolute Gasteiger partial charge is 0.492 e. The SMILES string of the molecule is CCc1ccc(S(=O)(=O)N2CCOc3ccc(C(=O)N4CCOCC4)cc3C2)cc1. The van der Waals surface area contributed by atoms with Gasteiger partial charge < -0.3 is 14.4 Å². The molecule has 0 radical (unpaired) electrons. The Hall–Kier alpha value is -2.42. The van der Waals surface area contributed by atoms with Crippen LogP contribution in [0.1, 0.15) is 28.4 Å². The van der Waals surface area contributed by atoms with Gasteiger partial charge in [-0.25, -0.2) is 8.42 Å². The molecule has 30 heavy (non-hydrogen) atoms. The molecule has 0 unspecified atom stereocenters. The molecule has 0 bridgehead atoms. The van der Waals surface area contributed by atoms with Crippen molar-refractivity contribution in [2.45, 2.75) is 24.8 Å². The summed E-state index contributed by atoms with van der Waals surface area (Å²) < 4.78 is 38.9. The van der Waals surface area contributed by atoms with Crippen LogP contribution in [0, 0.1) is 0 Å². The van der Waals surface area contributed by atoms with E-state index >= 15 is 0 Å². The quantitative estimate of drug-likeness (QED) is 0.744. The van der Waals surface area contributed by atoms with E-state index in [4.69, 9.17) is 9.47 Å². The normalized spacial score (nSPS) is 17.7. The van der Waals surface area contributed by atoms with Crippen molar-refractivity contribution in [3.8, 4) is 5.75 Å². The van der Waals surface area contributed by atoms with E-state index in [1.807, 2.05) is 19.1 Å². The third-order valence-electron chi connectivity index (χ3n) is 5.52. The molecule has 7 nitrogen and oxygen atoms in total. The Labute approximate surface area is 177 Å². The monoisotopic (exact) mass is 430 g/mol. The molecule has 2 heterocycles. The van der Waals surface area contributed by atoms with Crippen LogP contribution in [0.15, 0.2) is 47.4 Å². The maximum absolute atomic E-state index is 13.2. The number of sulfonamides is 1. The first-order chi connectivity index (χ1) is 14.5. The highest BCUT2D eigenvalue weighted by Gasteiger charge is 2.28. The molecule has 2 aliphatic heterocycles. The van der Waals surface area contributed by atoms with Crippen LogP contribution in [-0.2, 0) is 27.7 Å². The summed E-state index contributed by atoms with van der Waals surface area (Å²) in [5.41, 5.74) is 2.32. The number of morpholine rings is 1. The van der Waals surface area contributed by atoms with E-state index in [0.29, 0.717) is 43.2 Å². The zero-order chi connectivity index (χ0) is 21.1. The van der Waals surface area contributed by atoms with Gasteiger partial charge in [0, 0.05) is 37.3 Å². The molecule has 1 saturated heterocycles. The lowest BCUT2D eigenvalue weighted by Crippen LogP contribution is -2.40. The summed E-state index contributed by atoms with van der Waals surface area (Å²) >= 11 is 0. The molecule has 1 amide bonds. The Morgan fingerprint density at radius 1 is 1.00 bits per heavy atom. The highest BCUT2D eigenvalue weighted by Crippen LogP contribution is 2.28.